The van der Waals surface area contributed by atoms with Gasteiger partial charge in [-0.05, 0) is 99.1 Å². The van der Waals surface area contributed by atoms with E-state index in [2.05, 4.69) is 87.7 Å². The molecule has 1 aliphatic carbocycles. The van der Waals surface area contributed by atoms with Gasteiger partial charge in [0, 0.05) is 70.3 Å². The number of para-hydroxylation sites is 2. The smallest absolute Gasteiger partial charge is 0.264 e. The van der Waals surface area contributed by atoms with E-state index >= 15 is 0 Å². The van der Waals surface area contributed by atoms with Crippen LogP contribution in [0.5, 0.6) is 0 Å². The Morgan fingerprint density at radius 1 is 0.862 bits per heavy atom. The van der Waals surface area contributed by atoms with Crippen LogP contribution in [0.15, 0.2) is 125 Å². The molecule has 0 fully saturated rings. The standard InChI is InChI=1S/C43H50ClN3O8S3/c1-42(2)35-13-5-7-15-37(35)46(27-9-11-29-56-55-54-48)39(42)25-19-31-17-18-32(41(31)45-58(52,53)34-23-21-33(44)22-24-34)20-26-40-43(3,4)36-14-6-8-16-38(36)47(40)28-10-12-30-57(49,50)51/h5-8,13-16,19-26H,9-12,17-18,27-30H2,1-4H3,(H2,48,49,50,51)/p+1/b32-20+,40-26+. The Morgan fingerprint density at radius 2 is 1.57 bits per heavy atom. The van der Waals surface area contributed by atoms with Crippen LogP contribution in [0.1, 0.15) is 77.3 Å². The third-order valence-corrected chi connectivity index (χ3v) is 14.2. The highest BCUT2D eigenvalue weighted by Crippen LogP contribution is 2.48. The molecule has 6 rings (SSSR count). The van der Waals surface area contributed by atoms with Crippen LogP contribution in [0.3, 0.4) is 0 Å². The van der Waals surface area contributed by atoms with Crippen LogP contribution in [0.25, 0.3) is 0 Å². The maximum Gasteiger partial charge on any atom is 0.264 e. The van der Waals surface area contributed by atoms with Crippen molar-refractivity contribution >= 4 is 60.9 Å². The predicted molar refractivity (Wildman–Crippen MR) is 232 cm³/mol. The molecule has 2 aliphatic heterocycles. The van der Waals surface area contributed by atoms with Crippen molar-refractivity contribution < 1.29 is 40.6 Å². The maximum atomic E-state index is 14.0. The minimum Gasteiger partial charge on any atom is -0.344 e. The lowest BCUT2D eigenvalue weighted by molar-refractivity contribution is -0.438. The Balaban J connectivity index is 1.39. The molecule has 0 saturated carbocycles. The molecule has 3 N–H and O–H groups in total. The number of anilines is 1. The van der Waals surface area contributed by atoms with E-state index in [-0.39, 0.29) is 16.1 Å². The summed E-state index contributed by atoms with van der Waals surface area (Å²) < 4.78 is 70.0. The number of nitrogens with one attached hydrogen (secondary N) is 1. The van der Waals surface area contributed by atoms with Crippen molar-refractivity contribution in [1.29, 1.82) is 0 Å². The number of hydrogen-bond acceptors (Lipinski definition) is 9. The summed E-state index contributed by atoms with van der Waals surface area (Å²) in [6.07, 6.45) is 12.0. The molecular weight excluding hydrogens is 818 g/mol. The molecule has 0 saturated heterocycles. The van der Waals surface area contributed by atoms with E-state index in [0.29, 0.717) is 48.7 Å². The van der Waals surface area contributed by atoms with E-state index in [9.17, 15) is 21.4 Å². The van der Waals surface area contributed by atoms with E-state index in [1.807, 2.05) is 36.4 Å². The summed E-state index contributed by atoms with van der Waals surface area (Å²) in [7, 11) is -8.07. The Bertz CT molecular complexity index is 2390. The Labute approximate surface area is 351 Å². The molecule has 58 heavy (non-hydrogen) atoms. The summed E-state index contributed by atoms with van der Waals surface area (Å²) in [6, 6.07) is 22.6. The molecule has 15 heteroatoms. The van der Waals surface area contributed by atoms with Gasteiger partial charge < -0.3 is 4.90 Å². The fourth-order valence-electron chi connectivity index (χ4n) is 8.16. The summed E-state index contributed by atoms with van der Waals surface area (Å²) in [5.74, 6) is 0.345. The Morgan fingerprint density at radius 3 is 2.29 bits per heavy atom. The van der Waals surface area contributed by atoms with Gasteiger partial charge in [-0.1, -0.05) is 79.0 Å². The minimum atomic E-state index is -4.06. The summed E-state index contributed by atoms with van der Waals surface area (Å²) in [5, 5.41) is 12.6. The number of halogens is 1. The fraction of sp³-hybridized carbons (Fsp3) is 0.372. The highest BCUT2D eigenvalue weighted by molar-refractivity contribution is 7.94. The van der Waals surface area contributed by atoms with E-state index in [4.69, 9.17) is 16.9 Å². The summed E-state index contributed by atoms with van der Waals surface area (Å²) in [5.41, 5.74) is 8.11. The van der Waals surface area contributed by atoms with Crippen LogP contribution in [-0.2, 0) is 40.3 Å². The first kappa shape index (κ1) is 43.8. The molecule has 0 atom stereocenters. The van der Waals surface area contributed by atoms with Gasteiger partial charge in [0.25, 0.3) is 20.1 Å². The number of fused-ring (bicyclic) bond motifs is 2. The molecule has 0 radical (unpaired) electrons. The number of allylic oxidation sites excluding steroid dienone is 7. The average molecular weight is 870 g/mol. The van der Waals surface area contributed by atoms with Crippen molar-refractivity contribution in [1.82, 2.24) is 4.72 Å². The van der Waals surface area contributed by atoms with Crippen LogP contribution >= 0.6 is 23.6 Å². The van der Waals surface area contributed by atoms with Gasteiger partial charge in [-0.3, -0.25) is 9.27 Å². The highest BCUT2D eigenvalue weighted by Gasteiger charge is 2.44. The number of unbranched alkanes of at least 4 members (excludes halogenated alkanes) is 2. The first-order valence-electron chi connectivity index (χ1n) is 19.3. The van der Waals surface area contributed by atoms with Gasteiger partial charge >= 0.3 is 0 Å². The number of hydrogen-bond donors (Lipinski definition) is 3. The van der Waals surface area contributed by atoms with E-state index in [1.54, 1.807) is 12.1 Å². The second-order valence-electron chi connectivity index (χ2n) is 15.7. The lowest BCUT2D eigenvalue weighted by Crippen LogP contribution is -2.28. The quantitative estimate of drug-likeness (QED) is 0.0282. The molecule has 0 bridgehead atoms. The Hall–Kier alpha value is -3.73. The lowest BCUT2D eigenvalue weighted by atomic mass is 9.81. The van der Waals surface area contributed by atoms with E-state index in [0.717, 1.165) is 70.9 Å². The molecule has 2 heterocycles. The van der Waals surface area contributed by atoms with Crippen LogP contribution in [0, 0.1) is 0 Å². The zero-order valence-corrected chi connectivity index (χ0v) is 36.4. The molecule has 3 aromatic rings. The predicted octanol–water partition coefficient (Wildman–Crippen LogP) is 9.42. The largest absolute Gasteiger partial charge is 0.344 e. The van der Waals surface area contributed by atoms with Crippen molar-refractivity contribution in [2.45, 2.75) is 81.9 Å². The van der Waals surface area contributed by atoms with Gasteiger partial charge in [-0.15, -0.1) is 4.33 Å². The van der Waals surface area contributed by atoms with Crippen LogP contribution < -0.4 is 9.62 Å². The van der Waals surface area contributed by atoms with Crippen molar-refractivity contribution in [2.24, 2.45) is 0 Å². The van der Waals surface area contributed by atoms with Gasteiger partial charge in [0.2, 0.25) is 5.69 Å². The summed E-state index contributed by atoms with van der Waals surface area (Å²) >= 11 is 7.17. The fourth-order valence-corrected chi connectivity index (χ4v) is 10.4. The van der Waals surface area contributed by atoms with Gasteiger partial charge in [0.1, 0.15) is 6.54 Å². The number of nitrogens with zero attached hydrogens (tertiary/aromatic N) is 2. The zero-order chi connectivity index (χ0) is 41.7. The lowest BCUT2D eigenvalue weighted by Gasteiger charge is -2.27. The van der Waals surface area contributed by atoms with Gasteiger partial charge in [0.15, 0.2) is 5.71 Å². The molecule has 0 amide bonds. The van der Waals surface area contributed by atoms with Crippen molar-refractivity contribution in [2.75, 3.05) is 29.5 Å². The van der Waals surface area contributed by atoms with Crippen LogP contribution in [0.4, 0.5) is 11.4 Å². The van der Waals surface area contributed by atoms with Gasteiger partial charge in [-0.25, -0.2) is 13.7 Å². The maximum absolute atomic E-state index is 14.0. The number of rotatable bonds is 18. The molecule has 310 valence electrons. The first-order valence-corrected chi connectivity index (χ1v) is 23.7. The second-order valence-corrected chi connectivity index (χ2v) is 20.1. The highest BCUT2D eigenvalue weighted by atomic mass is 35.5. The summed E-state index contributed by atoms with van der Waals surface area (Å²) in [6.45, 7) is 10.00. The van der Waals surface area contributed by atoms with Gasteiger partial charge in [0.05, 0.1) is 21.8 Å². The third kappa shape index (κ3) is 9.82. The normalized spacial score (nSPS) is 18.9. The molecule has 0 aromatic heterocycles. The average Bonchev–Trinajstić information content (AvgIpc) is 3.73. The van der Waals surface area contributed by atoms with E-state index < -0.39 is 25.6 Å². The van der Waals surface area contributed by atoms with Crippen molar-refractivity contribution in [3.63, 3.8) is 0 Å². The molecule has 0 spiro atoms. The van der Waals surface area contributed by atoms with Gasteiger partial charge in [-0.2, -0.15) is 13.0 Å². The first-order chi connectivity index (χ1) is 27.5. The molecular formula is C43H51ClN3O8S3+. The number of sulfonamides is 1. The van der Waals surface area contributed by atoms with Crippen LogP contribution in [-0.4, -0.2) is 61.5 Å². The topological polar surface area (TPSA) is 145 Å². The van der Waals surface area contributed by atoms with Crippen LogP contribution in [0.2, 0.25) is 5.02 Å². The second kappa shape index (κ2) is 18.3. The minimum absolute atomic E-state index is 0.0998. The molecule has 3 aromatic carbocycles. The summed E-state index contributed by atoms with van der Waals surface area (Å²) in [4.78, 5) is 2.30. The molecule has 3 aliphatic rings. The SMILES string of the molecule is CC1(C)C(/C=C/C2=C(NS(=O)(=O)c3ccc(Cl)cc3)C(=C/C=C3/N(CCCCS(=O)(=O)O)c4ccccc4C3(C)C)/CC2)=[N+](CCCCSOOO)c2ccccc21. The monoisotopic (exact) mass is 868 g/mol. The molecule has 0 unspecified atom stereocenters. The van der Waals surface area contributed by atoms with Crippen molar-refractivity contribution in [3.05, 3.63) is 136 Å². The van der Waals surface area contributed by atoms with E-state index in [1.165, 1.54) is 17.7 Å². The number of benzene rings is 3. The third-order valence-electron chi connectivity index (χ3n) is 11.1. The zero-order valence-electron chi connectivity index (χ0n) is 33.1. The Kier molecular flexibility index (Phi) is 13.8. The van der Waals surface area contributed by atoms with Crippen molar-refractivity contribution in [3.8, 4) is 0 Å². The molecule has 11 nitrogen and oxygen atoms in total.